The molecular weight excluding hydrogens is 172 g/mol. The first-order valence-electron chi connectivity index (χ1n) is 3.75. The standard InChI is InChI=1S/C9H10N2.ClH/c1-7-10-6-8-4-2-3-5-9(8)11-7;/h2-7,11H,1H3;1H. The van der Waals surface area contributed by atoms with E-state index < -0.39 is 0 Å². The minimum absolute atomic E-state index is 0. The summed E-state index contributed by atoms with van der Waals surface area (Å²) in [5, 5.41) is 3.26. The van der Waals surface area contributed by atoms with Crippen molar-refractivity contribution in [1.29, 1.82) is 0 Å². The highest BCUT2D eigenvalue weighted by Gasteiger charge is 2.06. The second-order valence-electron chi connectivity index (χ2n) is 2.69. The topological polar surface area (TPSA) is 24.4 Å². The molecule has 3 heteroatoms. The predicted molar refractivity (Wildman–Crippen MR) is 54.4 cm³/mol. The Labute approximate surface area is 78.1 Å². The van der Waals surface area contributed by atoms with Gasteiger partial charge in [-0.05, 0) is 13.0 Å². The maximum absolute atomic E-state index is 4.24. The van der Waals surface area contributed by atoms with Crippen LogP contribution in [0.4, 0.5) is 5.69 Å². The van der Waals surface area contributed by atoms with Crippen LogP contribution in [0.1, 0.15) is 12.5 Å². The molecule has 0 spiro atoms. The normalized spacial score (nSPS) is 18.9. The van der Waals surface area contributed by atoms with Gasteiger partial charge in [0.05, 0.1) is 0 Å². The van der Waals surface area contributed by atoms with Gasteiger partial charge in [-0.3, -0.25) is 4.99 Å². The molecule has 1 N–H and O–H groups in total. The number of anilines is 1. The van der Waals surface area contributed by atoms with Crippen LogP contribution in [0.25, 0.3) is 0 Å². The average Bonchev–Trinajstić information content (AvgIpc) is 2.04. The zero-order chi connectivity index (χ0) is 7.68. The van der Waals surface area contributed by atoms with E-state index in [1.54, 1.807) is 0 Å². The number of fused-ring (bicyclic) bond motifs is 1. The zero-order valence-corrected chi connectivity index (χ0v) is 7.64. The maximum atomic E-state index is 4.24. The van der Waals surface area contributed by atoms with Gasteiger partial charge in [0.15, 0.2) is 0 Å². The van der Waals surface area contributed by atoms with Gasteiger partial charge in [0, 0.05) is 17.5 Å². The fourth-order valence-electron chi connectivity index (χ4n) is 1.20. The molecule has 2 rings (SSSR count). The van der Waals surface area contributed by atoms with Gasteiger partial charge in [0.2, 0.25) is 0 Å². The molecule has 0 amide bonds. The van der Waals surface area contributed by atoms with E-state index >= 15 is 0 Å². The second kappa shape index (κ2) is 3.59. The van der Waals surface area contributed by atoms with Gasteiger partial charge < -0.3 is 5.32 Å². The highest BCUT2D eigenvalue weighted by atomic mass is 35.5. The molecule has 1 aliphatic heterocycles. The Kier molecular flexibility index (Phi) is 2.71. The third-order valence-electron chi connectivity index (χ3n) is 1.76. The number of rotatable bonds is 0. The Bertz CT molecular complexity index is 296. The first kappa shape index (κ1) is 9.07. The lowest BCUT2D eigenvalue weighted by molar-refractivity contribution is 0.849. The molecular formula is C9H11ClN2. The molecule has 0 radical (unpaired) electrons. The first-order valence-corrected chi connectivity index (χ1v) is 3.75. The fourth-order valence-corrected chi connectivity index (χ4v) is 1.20. The highest BCUT2D eigenvalue weighted by Crippen LogP contribution is 2.17. The van der Waals surface area contributed by atoms with Crippen molar-refractivity contribution in [3.05, 3.63) is 29.8 Å². The number of nitrogens with one attached hydrogen (secondary N) is 1. The minimum atomic E-state index is 0. The van der Waals surface area contributed by atoms with E-state index in [4.69, 9.17) is 0 Å². The molecule has 64 valence electrons. The third kappa shape index (κ3) is 1.59. The number of para-hydroxylation sites is 1. The van der Waals surface area contributed by atoms with E-state index in [1.165, 1.54) is 11.3 Å². The first-order chi connectivity index (χ1) is 5.36. The van der Waals surface area contributed by atoms with E-state index in [-0.39, 0.29) is 18.6 Å². The minimum Gasteiger partial charge on any atom is -0.363 e. The van der Waals surface area contributed by atoms with Gasteiger partial charge >= 0.3 is 0 Å². The molecule has 1 aromatic carbocycles. The zero-order valence-electron chi connectivity index (χ0n) is 6.82. The van der Waals surface area contributed by atoms with E-state index in [0.717, 1.165) is 0 Å². The van der Waals surface area contributed by atoms with Gasteiger partial charge in [-0.15, -0.1) is 12.4 Å². The van der Waals surface area contributed by atoms with Crippen molar-refractivity contribution in [3.63, 3.8) is 0 Å². The van der Waals surface area contributed by atoms with Gasteiger partial charge in [0.1, 0.15) is 6.17 Å². The average molecular weight is 183 g/mol. The van der Waals surface area contributed by atoms with E-state index in [0.29, 0.717) is 0 Å². The van der Waals surface area contributed by atoms with Crippen LogP contribution in [-0.4, -0.2) is 12.4 Å². The van der Waals surface area contributed by atoms with Crippen LogP contribution >= 0.6 is 12.4 Å². The Hall–Kier alpha value is -1.02. The van der Waals surface area contributed by atoms with Crippen molar-refractivity contribution in [3.8, 4) is 0 Å². The lowest BCUT2D eigenvalue weighted by Crippen LogP contribution is -2.17. The molecule has 0 bridgehead atoms. The number of nitrogens with zero attached hydrogens (tertiary/aromatic N) is 1. The molecule has 1 atom stereocenters. The second-order valence-corrected chi connectivity index (χ2v) is 2.69. The van der Waals surface area contributed by atoms with Crippen LogP contribution in [0.2, 0.25) is 0 Å². The third-order valence-corrected chi connectivity index (χ3v) is 1.76. The van der Waals surface area contributed by atoms with Crippen molar-refractivity contribution in [2.45, 2.75) is 13.1 Å². The van der Waals surface area contributed by atoms with Crippen LogP contribution in [0, 0.1) is 0 Å². The molecule has 2 nitrogen and oxygen atoms in total. The van der Waals surface area contributed by atoms with Gasteiger partial charge in [-0.25, -0.2) is 0 Å². The molecule has 0 aromatic heterocycles. The molecule has 1 aliphatic rings. The maximum Gasteiger partial charge on any atom is 0.115 e. The predicted octanol–water partition coefficient (Wildman–Crippen LogP) is 2.30. The van der Waals surface area contributed by atoms with Crippen LogP contribution < -0.4 is 5.32 Å². The van der Waals surface area contributed by atoms with Crippen LogP contribution in [-0.2, 0) is 0 Å². The van der Waals surface area contributed by atoms with E-state index in [9.17, 15) is 0 Å². The summed E-state index contributed by atoms with van der Waals surface area (Å²) < 4.78 is 0. The van der Waals surface area contributed by atoms with Crippen LogP contribution in [0.3, 0.4) is 0 Å². The summed E-state index contributed by atoms with van der Waals surface area (Å²) in [6.07, 6.45) is 2.13. The van der Waals surface area contributed by atoms with Crippen LogP contribution in [0.15, 0.2) is 29.3 Å². The Morgan fingerprint density at radius 2 is 2.08 bits per heavy atom. The molecule has 1 aromatic rings. The Morgan fingerprint density at radius 1 is 1.33 bits per heavy atom. The Balaban J connectivity index is 0.000000720. The fraction of sp³-hybridized carbons (Fsp3) is 0.222. The van der Waals surface area contributed by atoms with Crippen molar-refractivity contribution in [2.75, 3.05) is 5.32 Å². The number of benzene rings is 1. The molecule has 0 fully saturated rings. The molecule has 1 unspecified atom stereocenters. The number of hydrogen-bond donors (Lipinski definition) is 1. The SMILES string of the molecule is CC1N=Cc2ccccc2N1.Cl. The highest BCUT2D eigenvalue weighted by molar-refractivity contribution is 5.89. The van der Waals surface area contributed by atoms with Gasteiger partial charge in [0.25, 0.3) is 0 Å². The van der Waals surface area contributed by atoms with Gasteiger partial charge in [-0.1, -0.05) is 18.2 Å². The Morgan fingerprint density at radius 3 is 2.92 bits per heavy atom. The monoisotopic (exact) mass is 182 g/mol. The molecule has 0 aliphatic carbocycles. The van der Waals surface area contributed by atoms with Crippen molar-refractivity contribution >= 4 is 24.3 Å². The summed E-state index contributed by atoms with van der Waals surface area (Å²) in [5.41, 5.74) is 2.35. The summed E-state index contributed by atoms with van der Waals surface area (Å²) in [6, 6.07) is 8.16. The molecule has 12 heavy (non-hydrogen) atoms. The van der Waals surface area contributed by atoms with Crippen molar-refractivity contribution in [2.24, 2.45) is 4.99 Å². The van der Waals surface area contributed by atoms with Gasteiger partial charge in [-0.2, -0.15) is 0 Å². The summed E-state index contributed by atoms with van der Waals surface area (Å²) >= 11 is 0. The number of hydrogen-bond acceptors (Lipinski definition) is 2. The smallest absolute Gasteiger partial charge is 0.115 e. The lowest BCUT2D eigenvalue weighted by Gasteiger charge is -2.17. The summed E-state index contributed by atoms with van der Waals surface area (Å²) in [6.45, 7) is 2.03. The van der Waals surface area contributed by atoms with E-state index in [1.807, 2.05) is 25.3 Å². The summed E-state index contributed by atoms with van der Waals surface area (Å²) in [5.74, 6) is 0. The molecule has 0 saturated carbocycles. The van der Waals surface area contributed by atoms with E-state index in [2.05, 4.69) is 22.4 Å². The van der Waals surface area contributed by atoms with Crippen molar-refractivity contribution < 1.29 is 0 Å². The summed E-state index contributed by atoms with van der Waals surface area (Å²) in [7, 11) is 0. The quantitative estimate of drug-likeness (QED) is 0.654. The largest absolute Gasteiger partial charge is 0.363 e. The number of halogens is 1. The lowest BCUT2D eigenvalue weighted by atomic mass is 10.1. The van der Waals surface area contributed by atoms with Crippen LogP contribution in [0.5, 0.6) is 0 Å². The molecule has 1 heterocycles. The summed E-state index contributed by atoms with van der Waals surface area (Å²) in [4.78, 5) is 4.24. The molecule has 0 saturated heterocycles. The number of aliphatic imine (C=N–C) groups is 1. The van der Waals surface area contributed by atoms with Crippen molar-refractivity contribution in [1.82, 2.24) is 0 Å².